The van der Waals surface area contributed by atoms with Gasteiger partial charge in [-0.3, -0.25) is 14.9 Å². The molecule has 0 radical (unpaired) electrons. The van der Waals surface area contributed by atoms with Gasteiger partial charge < -0.3 is 1.43 Å². The Kier molecular flexibility index (Phi) is 3.28. The maximum Gasteiger partial charge on any atom is 1.00 e. The van der Waals surface area contributed by atoms with E-state index in [1.165, 1.54) is 0 Å². The van der Waals surface area contributed by atoms with Gasteiger partial charge in [-0.25, -0.2) is 0 Å². The Morgan fingerprint density at radius 2 is 1.69 bits per heavy atom. The van der Waals surface area contributed by atoms with Crippen LogP contribution in [0.25, 0.3) is 10.8 Å². The summed E-state index contributed by atoms with van der Waals surface area (Å²) in [5.74, 6) is -0.604. The molecule has 1 heterocycles. The van der Waals surface area contributed by atoms with E-state index in [1.54, 1.807) is 6.07 Å². The zero-order valence-corrected chi connectivity index (χ0v) is 11.9. The molecule has 0 spiro atoms. The molecule has 0 fully saturated rings. The molecule has 4 heteroatoms. The maximum atomic E-state index is 11.6. The topological polar surface area (TPSA) is 46.2 Å². The van der Waals surface area contributed by atoms with Crippen LogP contribution in [0.2, 0.25) is 0 Å². The van der Waals surface area contributed by atoms with Crippen molar-refractivity contribution in [2.75, 3.05) is 0 Å². The summed E-state index contributed by atoms with van der Waals surface area (Å²) in [7, 11) is 0. The molecule has 1 aliphatic heterocycles. The Morgan fingerprint density at radius 1 is 0.938 bits per heavy atom. The minimum atomic E-state index is -0.305. The molecule has 0 saturated carbocycles. The van der Waals surface area contributed by atoms with Crippen LogP contribution in [-0.4, -0.2) is 11.8 Å². The van der Waals surface area contributed by atoms with Crippen LogP contribution in [0.4, 0.5) is 0 Å². The third-order valence-corrected chi connectivity index (χ3v) is 2.63. The summed E-state index contributed by atoms with van der Waals surface area (Å²) in [5.41, 5.74) is 0.969. The number of benzene rings is 2. The van der Waals surface area contributed by atoms with Gasteiger partial charge in [0, 0.05) is 0 Å². The van der Waals surface area contributed by atoms with Crippen LogP contribution >= 0.6 is 0 Å². The first-order valence-electron chi connectivity index (χ1n) is 4.65. The third kappa shape index (κ3) is 1.67. The second kappa shape index (κ2) is 4.39. The Bertz CT molecular complexity index is 612. The number of imide groups is 1. The number of carbonyl (C=O) groups excluding carboxylic acids is 2. The monoisotopic (exact) mass is 237 g/mol. The molecule has 3 nitrogen and oxygen atoms in total. The van der Waals surface area contributed by atoms with Crippen molar-refractivity contribution in [1.82, 2.24) is 5.32 Å². The van der Waals surface area contributed by atoms with E-state index in [0.717, 1.165) is 10.8 Å². The van der Waals surface area contributed by atoms with Gasteiger partial charge in [0.25, 0.3) is 11.8 Å². The molecular formula is C12H8KNO2. The predicted molar refractivity (Wildman–Crippen MR) is 56.9 cm³/mol. The van der Waals surface area contributed by atoms with E-state index >= 15 is 0 Å². The number of carbonyl (C=O) groups is 2. The van der Waals surface area contributed by atoms with Crippen LogP contribution in [0.15, 0.2) is 36.4 Å². The van der Waals surface area contributed by atoms with Gasteiger partial charge in [-0.1, -0.05) is 30.3 Å². The maximum absolute atomic E-state index is 11.6. The molecule has 0 aliphatic carbocycles. The average molecular weight is 237 g/mol. The van der Waals surface area contributed by atoms with Crippen LogP contribution in [-0.2, 0) is 0 Å². The van der Waals surface area contributed by atoms with Crippen LogP contribution in [0.1, 0.15) is 22.1 Å². The molecule has 74 valence electrons. The molecule has 16 heavy (non-hydrogen) atoms. The fraction of sp³-hybridized carbons (Fsp3) is 0. The Balaban J connectivity index is 0.000000722. The molecule has 0 unspecified atom stereocenters. The minimum Gasteiger partial charge on any atom is -1.00 e. The van der Waals surface area contributed by atoms with Crippen molar-refractivity contribution in [3.63, 3.8) is 0 Å². The van der Waals surface area contributed by atoms with Gasteiger partial charge in [-0.15, -0.1) is 0 Å². The number of hydrogen-bond donors (Lipinski definition) is 1. The predicted octanol–water partition coefficient (Wildman–Crippen LogP) is -1.16. The van der Waals surface area contributed by atoms with E-state index in [1.807, 2.05) is 30.3 Å². The SMILES string of the molecule is O=C1NC(=O)c2c1ccc1ccccc21.[H-].[K+]. The van der Waals surface area contributed by atoms with Crippen molar-refractivity contribution in [2.24, 2.45) is 0 Å². The molecule has 1 aliphatic rings. The fourth-order valence-electron chi connectivity index (χ4n) is 1.94. The molecule has 0 atom stereocenters. The van der Waals surface area contributed by atoms with Crippen molar-refractivity contribution >= 4 is 22.6 Å². The Morgan fingerprint density at radius 3 is 2.50 bits per heavy atom. The van der Waals surface area contributed by atoms with E-state index in [4.69, 9.17) is 0 Å². The smallest absolute Gasteiger partial charge is 1.00 e. The zero-order chi connectivity index (χ0) is 10.4. The largest absolute Gasteiger partial charge is 1.00 e. The van der Waals surface area contributed by atoms with Crippen molar-refractivity contribution in [1.29, 1.82) is 0 Å². The van der Waals surface area contributed by atoms with Crippen LogP contribution < -0.4 is 56.7 Å². The van der Waals surface area contributed by atoms with Crippen molar-refractivity contribution in [3.8, 4) is 0 Å². The quantitative estimate of drug-likeness (QED) is 0.464. The Labute approximate surface area is 136 Å². The second-order valence-corrected chi connectivity index (χ2v) is 3.49. The Hall–Kier alpha value is -0.524. The van der Waals surface area contributed by atoms with E-state index in [9.17, 15) is 9.59 Å². The second-order valence-electron chi connectivity index (χ2n) is 3.49. The summed E-state index contributed by atoms with van der Waals surface area (Å²) in [5, 5.41) is 4.10. The van der Waals surface area contributed by atoms with Crippen LogP contribution in [0.5, 0.6) is 0 Å². The average Bonchev–Trinajstić information content (AvgIpc) is 2.55. The van der Waals surface area contributed by atoms with Crippen LogP contribution in [0.3, 0.4) is 0 Å². The normalized spacial score (nSPS) is 13.2. The standard InChI is InChI=1S/C12H7NO2.K.H/c14-11-9-6-5-7-3-1-2-4-8(7)10(9)12(15)13-11;;/h1-6H,(H,13,14,15);;/q;+1;-1. The summed E-state index contributed by atoms with van der Waals surface area (Å²) < 4.78 is 0. The van der Waals surface area contributed by atoms with Crippen LogP contribution in [0, 0.1) is 0 Å². The van der Waals surface area contributed by atoms with Crippen molar-refractivity contribution in [3.05, 3.63) is 47.5 Å². The first-order chi connectivity index (χ1) is 7.27. The number of nitrogens with one attached hydrogen (secondary N) is 1. The van der Waals surface area contributed by atoms with E-state index in [2.05, 4.69) is 5.32 Å². The van der Waals surface area contributed by atoms with Gasteiger partial charge in [-0.2, -0.15) is 0 Å². The minimum absolute atomic E-state index is 0. The first kappa shape index (κ1) is 11.9. The molecule has 2 aromatic rings. The number of hydrogen-bond acceptors (Lipinski definition) is 2. The van der Waals surface area contributed by atoms with E-state index in [-0.39, 0.29) is 64.6 Å². The van der Waals surface area contributed by atoms with Gasteiger partial charge in [0.1, 0.15) is 0 Å². The molecule has 2 aromatic carbocycles. The summed E-state index contributed by atoms with van der Waals surface area (Å²) >= 11 is 0. The number of rotatable bonds is 0. The summed E-state index contributed by atoms with van der Waals surface area (Å²) in [6.45, 7) is 0. The van der Waals surface area contributed by atoms with E-state index in [0.29, 0.717) is 11.1 Å². The van der Waals surface area contributed by atoms with Gasteiger partial charge in [0.15, 0.2) is 0 Å². The van der Waals surface area contributed by atoms with Crippen molar-refractivity contribution < 1.29 is 62.4 Å². The zero-order valence-electron chi connectivity index (χ0n) is 9.78. The van der Waals surface area contributed by atoms with Crippen molar-refractivity contribution in [2.45, 2.75) is 0 Å². The number of fused-ring (bicyclic) bond motifs is 3. The molecule has 0 saturated heterocycles. The first-order valence-corrected chi connectivity index (χ1v) is 4.65. The third-order valence-electron chi connectivity index (χ3n) is 2.63. The molecule has 0 aromatic heterocycles. The summed E-state index contributed by atoms with van der Waals surface area (Å²) in [6.07, 6.45) is 0. The molecule has 1 N–H and O–H groups in total. The van der Waals surface area contributed by atoms with Gasteiger partial charge >= 0.3 is 51.4 Å². The van der Waals surface area contributed by atoms with Gasteiger partial charge in [-0.05, 0) is 16.8 Å². The molecule has 3 rings (SSSR count). The van der Waals surface area contributed by atoms with Gasteiger partial charge in [0.2, 0.25) is 0 Å². The molecule has 2 amide bonds. The fourth-order valence-corrected chi connectivity index (χ4v) is 1.94. The molecular weight excluding hydrogens is 229 g/mol. The number of amides is 2. The van der Waals surface area contributed by atoms with Gasteiger partial charge in [0.05, 0.1) is 11.1 Å². The molecule has 0 bridgehead atoms. The summed E-state index contributed by atoms with van der Waals surface area (Å²) in [6, 6.07) is 11.1. The summed E-state index contributed by atoms with van der Waals surface area (Å²) in [4.78, 5) is 22.9. The van der Waals surface area contributed by atoms with E-state index < -0.39 is 0 Å².